The van der Waals surface area contributed by atoms with Crippen LogP contribution in [-0.2, 0) is 20.5 Å². The number of benzene rings is 2. The van der Waals surface area contributed by atoms with Gasteiger partial charge in [0.25, 0.3) is 0 Å². The molecule has 0 aliphatic carbocycles. The van der Waals surface area contributed by atoms with Gasteiger partial charge in [0, 0.05) is 0 Å². The first-order chi connectivity index (χ1) is 12.7. The van der Waals surface area contributed by atoms with Crippen LogP contribution in [0.4, 0.5) is 5.69 Å². The molecule has 6 heteroatoms. The quantitative estimate of drug-likeness (QED) is 0.825. The Morgan fingerprint density at radius 3 is 2.26 bits per heavy atom. The maximum Gasteiger partial charge on any atom is 0.494 e. The van der Waals surface area contributed by atoms with Crippen LogP contribution < -0.4 is 15.5 Å². The van der Waals surface area contributed by atoms with Gasteiger partial charge in [-0.1, -0.05) is 36.4 Å². The second-order valence-corrected chi connectivity index (χ2v) is 7.76. The van der Waals surface area contributed by atoms with Crippen molar-refractivity contribution in [3.8, 4) is 5.75 Å². The fourth-order valence-corrected chi connectivity index (χ4v) is 2.91. The summed E-state index contributed by atoms with van der Waals surface area (Å²) in [5.41, 5.74) is 1.62. The Balaban J connectivity index is 1.74. The van der Waals surface area contributed by atoms with Gasteiger partial charge >= 0.3 is 7.12 Å². The number of carbonyl (C=O) groups excluding carboxylic acids is 1. The van der Waals surface area contributed by atoms with Crippen LogP contribution in [0.1, 0.15) is 33.3 Å². The smallest absolute Gasteiger partial charge is 0.494 e. The molecule has 142 valence electrons. The Hall–Kier alpha value is -2.31. The molecule has 0 radical (unpaired) electrons. The predicted molar refractivity (Wildman–Crippen MR) is 107 cm³/mol. The minimum Gasteiger partial charge on any atom is -0.495 e. The van der Waals surface area contributed by atoms with E-state index in [-0.39, 0.29) is 5.91 Å². The van der Waals surface area contributed by atoms with Gasteiger partial charge in [0.1, 0.15) is 5.75 Å². The van der Waals surface area contributed by atoms with E-state index < -0.39 is 18.3 Å². The van der Waals surface area contributed by atoms with Crippen molar-refractivity contribution in [3.05, 3.63) is 54.1 Å². The molecule has 1 aliphatic heterocycles. The summed E-state index contributed by atoms with van der Waals surface area (Å²) in [5.74, 6) is 0.478. The summed E-state index contributed by atoms with van der Waals surface area (Å²) >= 11 is 0. The van der Waals surface area contributed by atoms with Gasteiger partial charge in [-0.15, -0.1) is 0 Å². The number of methoxy groups -OCH3 is 1. The minimum absolute atomic E-state index is 0.0946. The van der Waals surface area contributed by atoms with Gasteiger partial charge in [-0.3, -0.25) is 4.79 Å². The van der Waals surface area contributed by atoms with E-state index in [4.69, 9.17) is 14.0 Å². The third-order valence-electron chi connectivity index (χ3n) is 5.23. The molecule has 1 N–H and O–H groups in total. The number of hydrogen-bond acceptors (Lipinski definition) is 4. The molecule has 0 aromatic heterocycles. The molecule has 0 saturated carbocycles. The third-order valence-corrected chi connectivity index (χ3v) is 5.23. The zero-order valence-electron chi connectivity index (χ0n) is 16.5. The van der Waals surface area contributed by atoms with E-state index in [1.807, 2.05) is 76.2 Å². The molecular formula is C21H26BNO4. The molecule has 1 amide bonds. The number of amides is 1. The van der Waals surface area contributed by atoms with Crippen LogP contribution in [-0.4, -0.2) is 31.3 Å². The van der Waals surface area contributed by atoms with Gasteiger partial charge < -0.3 is 19.4 Å². The highest BCUT2D eigenvalue weighted by Gasteiger charge is 2.51. The number of carbonyl (C=O) groups is 1. The lowest BCUT2D eigenvalue weighted by Crippen LogP contribution is -2.41. The Bertz CT molecular complexity index is 804. The number of anilines is 1. The van der Waals surface area contributed by atoms with Crippen molar-refractivity contribution in [2.24, 2.45) is 0 Å². The highest BCUT2D eigenvalue weighted by Crippen LogP contribution is 2.37. The zero-order valence-corrected chi connectivity index (χ0v) is 16.5. The summed E-state index contributed by atoms with van der Waals surface area (Å²) in [5, 5.41) is 2.91. The molecule has 1 fully saturated rings. The average molecular weight is 367 g/mol. The summed E-state index contributed by atoms with van der Waals surface area (Å²) in [6, 6.07) is 15.2. The molecule has 0 bridgehead atoms. The number of ether oxygens (including phenoxy) is 1. The van der Waals surface area contributed by atoms with E-state index in [1.165, 1.54) is 0 Å². The summed E-state index contributed by atoms with van der Waals surface area (Å²) in [6.07, 6.45) is 0.309. The maximum atomic E-state index is 12.3. The van der Waals surface area contributed by atoms with Gasteiger partial charge in [0.2, 0.25) is 5.91 Å². The molecule has 1 aliphatic rings. The van der Waals surface area contributed by atoms with E-state index in [1.54, 1.807) is 7.11 Å². The Labute approximate surface area is 161 Å². The van der Waals surface area contributed by atoms with Crippen LogP contribution >= 0.6 is 0 Å². The van der Waals surface area contributed by atoms with Crippen molar-refractivity contribution in [2.45, 2.75) is 45.3 Å². The van der Waals surface area contributed by atoms with Gasteiger partial charge in [0.15, 0.2) is 0 Å². The van der Waals surface area contributed by atoms with Crippen molar-refractivity contribution in [2.75, 3.05) is 12.4 Å². The highest BCUT2D eigenvalue weighted by atomic mass is 16.7. The molecule has 1 saturated heterocycles. The van der Waals surface area contributed by atoms with Crippen LogP contribution in [0.15, 0.2) is 48.5 Å². The lowest BCUT2D eigenvalue weighted by Gasteiger charge is -2.32. The van der Waals surface area contributed by atoms with E-state index in [0.717, 1.165) is 11.0 Å². The Morgan fingerprint density at radius 2 is 1.67 bits per heavy atom. The fraction of sp³-hybridized carbons (Fsp3) is 0.381. The number of rotatable bonds is 5. The lowest BCUT2D eigenvalue weighted by atomic mass is 9.79. The van der Waals surface area contributed by atoms with Gasteiger partial charge in [0.05, 0.1) is 30.4 Å². The summed E-state index contributed by atoms with van der Waals surface area (Å²) in [6.45, 7) is 8.07. The first-order valence-corrected chi connectivity index (χ1v) is 9.09. The van der Waals surface area contributed by atoms with Crippen molar-refractivity contribution >= 4 is 24.2 Å². The molecule has 3 rings (SSSR count). The number of hydrogen-bond donors (Lipinski definition) is 1. The fourth-order valence-electron chi connectivity index (χ4n) is 2.91. The third kappa shape index (κ3) is 4.17. The van der Waals surface area contributed by atoms with Crippen LogP contribution in [0.25, 0.3) is 0 Å². The standard InChI is InChI=1S/C21H26BNO4/c1-20(2)21(3,4)27-22(26-20)16-11-12-17(18(14-16)25-5)23-19(24)13-15-9-7-6-8-10-15/h6-12,14H,13H2,1-5H3,(H,23,24). The maximum absolute atomic E-state index is 12.3. The van der Waals surface area contributed by atoms with E-state index in [9.17, 15) is 4.79 Å². The predicted octanol–water partition coefficient (Wildman–Crippen LogP) is 3.18. The molecule has 2 aromatic carbocycles. The SMILES string of the molecule is COc1cc(B2OC(C)(C)C(C)(C)O2)ccc1NC(=O)Cc1ccccc1. The van der Waals surface area contributed by atoms with Crippen molar-refractivity contribution in [1.82, 2.24) is 0 Å². The van der Waals surface area contributed by atoms with Crippen LogP contribution in [0.2, 0.25) is 0 Å². The van der Waals surface area contributed by atoms with Gasteiger partial charge in [-0.2, -0.15) is 0 Å². The van der Waals surface area contributed by atoms with E-state index in [2.05, 4.69) is 5.32 Å². The van der Waals surface area contributed by atoms with E-state index >= 15 is 0 Å². The summed E-state index contributed by atoms with van der Waals surface area (Å²) in [4.78, 5) is 12.3. The van der Waals surface area contributed by atoms with E-state index in [0.29, 0.717) is 17.9 Å². The minimum atomic E-state index is -0.474. The first kappa shape index (κ1) is 19.5. The van der Waals surface area contributed by atoms with Gasteiger partial charge in [-0.25, -0.2) is 0 Å². The highest BCUT2D eigenvalue weighted by molar-refractivity contribution is 6.62. The zero-order chi connectivity index (χ0) is 19.7. The van der Waals surface area contributed by atoms with Crippen molar-refractivity contribution < 1.29 is 18.8 Å². The van der Waals surface area contributed by atoms with Crippen LogP contribution in [0.3, 0.4) is 0 Å². The summed E-state index contributed by atoms with van der Waals surface area (Å²) < 4.78 is 17.6. The molecule has 0 spiro atoms. The molecule has 0 atom stereocenters. The molecule has 5 nitrogen and oxygen atoms in total. The van der Waals surface area contributed by atoms with Crippen LogP contribution in [0.5, 0.6) is 5.75 Å². The molecule has 1 heterocycles. The lowest BCUT2D eigenvalue weighted by molar-refractivity contribution is -0.115. The first-order valence-electron chi connectivity index (χ1n) is 9.09. The van der Waals surface area contributed by atoms with Crippen LogP contribution in [0, 0.1) is 0 Å². The number of nitrogens with one attached hydrogen (secondary N) is 1. The summed E-state index contributed by atoms with van der Waals surface area (Å²) in [7, 11) is 1.11. The normalized spacial score (nSPS) is 17.6. The average Bonchev–Trinajstić information content (AvgIpc) is 2.83. The molecule has 2 aromatic rings. The monoisotopic (exact) mass is 367 g/mol. The van der Waals surface area contributed by atoms with Crippen molar-refractivity contribution in [3.63, 3.8) is 0 Å². The molecule has 27 heavy (non-hydrogen) atoms. The second kappa shape index (κ2) is 7.37. The second-order valence-electron chi connectivity index (χ2n) is 7.76. The Kier molecular flexibility index (Phi) is 5.31. The molecular weight excluding hydrogens is 341 g/mol. The topological polar surface area (TPSA) is 56.8 Å². The Morgan fingerprint density at radius 1 is 1.04 bits per heavy atom. The van der Waals surface area contributed by atoms with Gasteiger partial charge in [-0.05, 0) is 50.9 Å². The largest absolute Gasteiger partial charge is 0.495 e. The molecule has 0 unspecified atom stereocenters. The van der Waals surface area contributed by atoms with Crippen molar-refractivity contribution in [1.29, 1.82) is 0 Å².